The maximum Gasteiger partial charge on any atom is 0.324 e. The number of nitrogens with zero attached hydrogens (tertiary/aromatic N) is 3. The highest BCUT2D eigenvalue weighted by atomic mass is 32.2. The molecular weight excluding hydrogens is 204 g/mol. The smallest absolute Gasteiger partial charge is 0.324 e. The fourth-order valence-corrected chi connectivity index (χ4v) is 2.69. The van der Waals surface area contributed by atoms with Crippen molar-refractivity contribution in [2.45, 2.75) is 12.0 Å². The average molecular weight is 216 g/mol. The highest BCUT2D eigenvalue weighted by Crippen LogP contribution is 2.27. The van der Waals surface area contributed by atoms with Crippen molar-refractivity contribution >= 4 is 17.7 Å². The second kappa shape index (κ2) is 5.09. The average Bonchev–Trinajstić information content (AvgIpc) is 2.62. The molecule has 1 rings (SSSR count). The largest absolute Gasteiger partial charge is 0.480 e. The van der Waals surface area contributed by atoms with Crippen LogP contribution in [0.4, 0.5) is 0 Å². The number of hydrogen-bond acceptors (Lipinski definition) is 4. The van der Waals surface area contributed by atoms with E-state index in [0.717, 1.165) is 5.75 Å². The van der Waals surface area contributed by atoms with Gasteiger partial charge in [-0.15, -0.1) is 0 Å². The molecule has 0 spiro atoms. The number of carboxylic acid groups (broad SMARTS) is 1. The molecule has 78 valence electrons. The number of rotatable bonds is 5. The number of nitrogens with one attached hydrogen (secondary N) is 1. The lowest BCUT2D eigenvalue weighted by Crippen LogP contribution is -2.53. The second-order valence-corrected chi connectivity index (χ2v) is 4.18. The topological polar surface area (TPSA) is 98.1 Å². The van der Waals surface area contributed by atoms with Gasteiger partial charge in [0.25, 0.3) is 0 Å². The normalized spacial score (nSPS) is 25.7. The van der Waals surface area contributed by atoms with E-state index in [1.165, 1.54) is 0 Å². The van der Waals surface area contributed by atoms with Gasteiger partial charge in [-0.25, -0.2) is 0 Å². The van der Waals surface area contributed by atoms with Gasteiger partial charge < -0.3 is 10.4 Å². The molecule has 0 aromatic rings. The summed E-state index contributed by atoms with van der Waals surface area (Å²) in [5.74, 6) is 0.628. The molecule has 0 aromatic carbocycles. The van der Waals surface area contributed by atoms with Crippen LogP contribution in [0.5, 0.6) is 0 Å². The summed E-state index contributed by atoms with van der Waals surface area (Å²) in [5.41, 5.74) is 7.23. The van der Waals surface area contributed by atoms with E-state index in [9.17, 15) is 4.79 Å². The van der Waals surface area contributed by atoms with Gasteiger partial charge in [0.1, 0.15) is 5.54 Å². The fourth-order valence-electron chi connectivity index (χ4n) is 1.34. The first kappa shape index (κ1) is 11.2. The minimum Gasteiger partial charge on any atom is -0.480 e. The highest BCUT2D eigenvalue weighted by Gasteiger charge is 2.41. The molecule has 1 saturated heterocycles. The Hall–Kier alpha value is -0.910. The van der Waals surface area contributed by atoms with Crippen molar-refractivity contribution in [1.29, 1.82) is 0 Å². The van der Waals surface area contributed by atoms with Crippen molar-refractivity contribution in [2.75, 3.05) is 24.6 Å². The third-order valence-corrected chi connectivity index (χ3v) is 3.36. The quantitative estimate of drug-likeness (QED) is 0.308. The first-order valence-corrected chi connectivity index (χ1v) is 5.44. The zero-order chi connectivity index (χ0) is 10.4. The molecule has 14 heavy (non-hydrogen) atoms. The molecule has 1 atom stereocenters. The summed E-state index contributed by atoms with van der Waals surface area (Å²) in [4.78, 5) is 13.6. The molecular formula is C7H12N4O2S. The lowest BCUT2D eigenvalue weighted by molar-refractivity contribution is -0.143. The van der Waals surface area contributed by atoms with Crippen molar-refractivity contribution in [3.8, 4) is 0 Å². The molecule has 1 heterocycles. The highest BCUT2D eigenvalue weighted by molar-refractivity contribution is 7.99. The predicted octanol–water partition coefficient (Wildman–Crippen LogP) is 0.847. The zero-order valence-corrected chi connectivity index (χ0v) is 8.46. The number of carbonyl (C=O) groups is 1. The third kappa shape index (κ3) is 2.54. The van der Waals surface area contributed by atoms with Crippen molar-refractivity contribution < 1.29 is 9.90 Å². The van der Waals surface area contributed by atoms with E-state index in [2.05, 4.69) is 15.3 Å². The molecule has 0 bridgehead atoms. The van der Waals surface area contributed by atoms with E-state index >= 15 is 0 Å². The van der Waals surface area contributed by atoms with Crippen LogP contribution in [0.15, 0.2) is 5.11 Å². The van der Waals surface area contributed by atoms with Crippen LogP contribution in [0.25, 0.3) is 10.4 Å². The third-order valence-electron chi connectivity index (χ3n) is 2.17. The van der Waals surface area contributed by atoms with Crippen LogP contribution >= 0.6 is 11.8 Å². The van der Waals surface area contributed by atoms with Gasteiger partial charge in [-0.1, -0.05) is 5.11 Å². The lowest BCUT2D eigenvalue weighted by Gasteiger charge is -2.24. The molecule has 2 N–H and O–H groups in total. The number of carboxylic acids is 1. The summed E-state index contributed by atoms with van der Waals surface area (Å²) in [6.07, 6.45) is 0.628. The predicted molar refractivity (Wildman–Crippen MR) is 54.3 cm³/mol. The monoisotopic (exact) mass is 216 g/mol. The Kier molecular flexibility index (Phi) is 4.06. The summed E-state index contributed by atoms with van der Waals surface area (Å²) >= 11 is 1.63. The zero-order valence-electron chi connectivity index (χ0n) is 7.64. The summed E-state index contributed by atoms with van der Waals surface area (Å²) in [6, 6.07) is 0. The Morgan fingerprint density at radius 2 is 2.57 bits per heavy atom. The fraction of sp³-hybridized carbons (Fsp3) is 0.857. The van der Waals surface area contributed by atoms with Crippen LogP contribution < -0.4 is 5.32 Å². The number of aliphatic carboxylic acids is 1. The summed E-state index contributed by atoms with van der Waals surface area (Å²) in [6.45, 7) is 0.702. The van der Waals surface area contributed by atoms with Gasteiger partial charge in [-0.05, 0) is 17.7 Å². The van der Waals surface area contributed by atoms with Gasteiger partial charge >= 0.3 is 5.97 Å². The van der Waals surface area contributed by atoms with Crippen LogP contribution in [0.3, 0.4) is 0 Å². The van der Waals surface area contributed by atoms with Gasteiger partial charge in [0.15, 0.2) is 0 Å². The van der Waals surface area contributed by atoms with E-state index < -0.39 is 11.5 Å². The van der Waals surface area contributed by atoms with Crippen molar-refractivity contribution in [3.63, 3.8) is 0 Å². The molecule has 0 aromatic heterocycles. The van der Waals surface area contributed by atoms with Crippen LogP contribution in [0, 0.1) is 0 Å². The van der Waals surface area contributed by atoms with Gasteiger partial charge in [0.2, 0.25) is 0 Å². The Morgan fingerprint density at radius 1 is 1.79 bits per heavy atom. The number of azide groups is 1. The van der Waals surface area contributed by atoms with Crippen molar-refractivity contribution in [2.24, 2.45) is 5.11 Å². The Labute approximate surface area is 85.7 Å². The van der Waals surface area contributed by atoms with Gasteiger partial charge in [0, 0.05) is 23.8 Å². The van der Waals surface area contributed by atoms with Crippen LogP contribution in [0.1, 0.15) is 6.42 Å². The maximum absolute atomic E-state index is 11.0. The Balaban J connectivity index is 2.44. The molecule has 0 amide bonds. The van der Waals surface area contributed by atoms with E-state index in [-0.39, 0.29) is 6.54 Å². The van der Waals surface area contributed by atoms with Gasteiger partial charge in [-0.2, -0.15) is 11.8 Å². The van der Waals surface area contributed by atoms with Crippen LogP contribution in [-0.4, -0.2) is 41.2 Å². The summed E-state index contributed by atoms with van der Waals surface area (Å²) in [5, 5.41) is 15.3. The Bertz CT molecular complexity index is 258. The standard InChI is InChI=1S/C7H12N4O2S/c8-11-10-3-2-9-7(6(12)13)1-4-14-5-7/h9H,1-5H2,(H,12,13). The van der Waals surface area contributed by atoms with Crippen molar-refractivity contribution in [3.05, 3.63) is 10.4 Å². The number of hydrogen-bond donors (Lipinski definition) is 2. The SMILES string of the molecule is [N-]=[N+]=NCCNC1(C(=O)O)CCSC1. The first-order valence-electron chi connectivity index (χ1n) is 4.28. The molecule has 6 nitrogen and oxygen atoms in total. The van der Waals surface area contributed by atoms with Gasteiger partial charge in [0.05, 0.1) is 0 Å². The Morgan fingerprint density at radius 3 is 3.07 bits per heavy atom. The van der Waals surface area contributed by atoms with Crippen molar-refractivity contribution in [1.82, 2.24) is 5.32 Å². The van der Waals surface area contributed by atoms with Crippen LogP contribution in [0.2, 0.25) is 0 Å². The van der Waals surface area contributed by atoms with E-state index in [1.54, 1.807) is 11.8 Å². The molecule has 1 fully saturated rings. The molecule has 1 aliphatic rings. The molecule has 1 aliphatic heterocycles. The van der Waals surface area contributed by atoms with Gasteiger partial charge in [-0.3, -0.25) is 4.79 Å². The van der Waals surface area contributed by atoms with E-state index in [0.29, 0.717) is 18.7 Å². The second-order valence-electron chi connectivity index (χ2n) is 3.07. The van der Waals surface area contributed by atoms with E-state index in [4.69, 9.17) is 10.6 Å². The minimum absolute atomic E-state index is 0.288. The first-order chi connectivity index (χ1) is 6.71. The molecule has 1 unspecified atom stereocenters. The lowest BCUT2D eigenvalue weighted by atomic mass is 9.99. The summed E-state index contributed by atoms with van der Waals surface area (Å²) in [7, 11) is 0. The van der Waals surface area contributed by atoms with Crippen LogP contribution in [-0.2, 0) is 4.79 Å². The molecule has 7 heteroatoms. The molecule has 0 saturated carbocycles. The maximum atomic E-state index is 11.0. The minimum atomic E-state index is -0.816. The molecule has 0 aliphatic carbocycles. The molecule has 0 radical (unpaired) electrons. The number of thioether (sulfide) groups is 1. The van der Waals surface area contributed by atoms with E-state index in [1.807, 2.05) is 0 Å². The summed E-state index contributed by atoms with van der Waals surface area (Å²) < 4.78 is 0.